The van der Waals surface area contributed by atoms with Crippen molar-refractivity contribution in [3.8, 4) is 11.3 Å². The normalized spacial score (nSPS) is 11.2. The zero-order valence-electron chi connectivity index (χ0n) is 16.9. The van der Waals surface area contributed by atoms with Crippen molar-refractivity contribution in [3.05, 3.63) is 83.9 Å². The second-order valence-electron chi connectivity index (χ2n) is 7.34. The van der Waals surface area contributed by atoms with E-state index in [1.165, 1.54) is 12.1 Å². The van der Waals surface area contributed by atoms with Crippen LogP contribution in [0.1, 0.15) is 16.1 Å². The third-order valence-corrected chi connectivity index (χ3v) is 5.22. The van der Waals surface area contributed by atoms with Gasteiger partial charge in [0.1, 0.15) is 5.82 Å². The number of carbonyl (C=O) groups excluding carboxylic acids is 1. The molecule has 0 radical (unpaired) electrons. The van der Waals surface area contributed by atoms with Crippen molar-refractivity contribution >= 4 is 33.5 Å². The van der Waals surface area contributed by atoms with E-state index in [-0.39, 0.29) is 11.7 Å². The van der Waals surface area contributed by atoms with Crippen molar-refractivity contribution in [2.75, 3.05) is 5.32 Å². The Bertz CT molecular complexity index is 1460. The first-order valence-electron chi connectivity index (χ1n) is 9.76. The Morgan fingerprint density at radius 3 is 2.61 bits per heavy atom. The van der Waals surface area contributed by atoms with Crippen LogP contribution in [0.25, 0.3) is 33.2 Å². The van der Waals surface area contributed by atoms with Gasteiger partial charge in [-0.15, -0.1) is 0 Å². The van der Waals surface area contributed by atoms with E-state index in [0.717, 1.165) is 27.7 Å². The van der Waals surface area contributed by atoms with Crippen LogP contribution < -0.4 is 5.32 Å². The summed E-state index contributed by atoms with van der Waals surface area (Å²) in [6.07, 6.45) is 1.62. The zero-order valence-corrected chi connectivity index (χ0v) is 16.9. The molecule has 0 aliphatic carbocycles. The largest absolute Gasteiger partial charge is 0.321 e. The second kappa shape index (κ2) is 7.28. The van der Waals surface area contributed by atoms with Gasteiger partial charge in [-0.05, 0) is 49.4 Å². The minimum Gasteiger partial charge on any atom is -0.321 e. The number of hydrogen-bond donors (Lipinski definition) is 1. The van der Waals surface area contributed by atoms with Gasteiger partial charge in [0.25, 0.3) is 5.91 Å². The number of nitrogens with one attached hydrogen (secondary N) is 1. The number of fused-ring (bicyclic) bond motifs is 2. The smallest absolute Gasteiger partial charge is 0.256 e. The molecule has 0 spiro atoms. The first-order valence-corrected chi connectivity index (χ1v) is 9.76. The molecule has 0 aliphatic rings. The summed E-state index contributed by atoms with van der Waals surface area (Å²) in [5, 5.41) is 8.92. The predicted octanol–water partition coefficient (Wildman–Crippen LogP) is 4.88. The van der Waals surface area contributed by atoms with Crippen molar-refractivity contribution in [2.24, 2.45) is 7.05 Å². The number of aromatic nitrogens is 4. The summed E-state index contributed by atoms with van der Waals surface area (Å²) in [5.74, 6) is -0.597. The molecular formula is C24H18FN5O. The molecule has 0 atom stereocenters. The van der Waals surface area contributed by atoms with Crippen LogP contribution in [0.3, 0.4) is 0 Å². The van der Waals surface area contributed by atoms with E-state index in [1.807, 2.05) is 44.3 Å². The van der Waals surface area contributed by atoms with Crippen LogP contribution in [-0.4, -0.2) is 25.7 Å². The van der Waals surface area contributed by atoms with Crippen LogP contribution in [0.4, 0.5) is 10.1 Å². The maximum atomic E-state index is 13.3. The quantitative estimate of drug-likeness (QED) is 0.459. The monoisotopic (exact) mass is 411 g/mol. The standard InChI is InChI=1S/C24H18FN5O/c1-14-19-11-17(13-26-23(19)30(2)29-14)27-24(31)20-12-22(15-7-9-16(25)10-8-15)28-21-6-4-3-5-18(20)21/h3-13H,1-2H3,(H,27,31). The Morgan fingerprint density at radius 2 is 1.81 bits per heavy atom. The fourth-order valence-electron chi connectivity index (χ4n) is 3.71. The minimum atomic E-state index is -0.323. The molecule has 1 amide bonds. The van der Waals surface area contributed by atoms with Crippen molar-refractivity contribution < 1.29 is 9.18 Å². The lowest BCUT2D eigenvalue weighted by atomic mass is 10.0. The van der Waals surface area contributed by atoms with Gasteiger partial charge in [0.05, 0.1) is 34.4 Å². The van der Waals surface area contributed by atoms with Gasteiger partial charge < -0.3 is 5.32 Å². The van der Waals surface area contributed by atoms with Crippen molar-refractivity contribution in [1.82, 2.24) is 19.7 Å². The summed E-state index contributed by atoms with van der Waals surface area (Å²) in [7, 11) is 1.83. The molecule has 0 bridgehead atoms. The van der Waals surface area contributed by atoms with Gasteiger partial charge in [-0.3, -0.25) is 9.48 Å². The summed E-state index contributed by atoms with van der Waals surface area (Å²) in [6.45, 7) is 1.90. The summed E-state index contributed by atoms with van der Waals surface area (Å²) < 4.78 is 15.1. The fourth-order valence-corrected chi connectivity index (χ4v) is 3.71. The number of rotatable bonds is 3. The highest BCUT2D eigenvalue weighted by atomic mass is 19.1. The number of hydrogen-bond acceptors (Lipinski definition) is 4. The predicted molar refractivity (Wildman–Crippen MR) is 118 cm³/mol. The summed E-state index contributed by atoms with van der Waals surface area (Å²) >= 11 is 0. The van der Waals surface area contributed by atoms with Crippen molar-refractivity contribution in [1.29, 1.82) is 0 Å². The third-order valence-electron chi connectivity index (χ3n) is 5.22. The lowest BCUT2D eigenvalue weighted by Crippen LogP contribution is -2.13. The number of nitrogens with zero attached hydrogens (tertiary/aromatic N) is 4. The van der Waals surface area contributed by atoms with Crippen LogP contribution in [0, 0.1) is 12.7 Å². The molecule has 7 heteroatoms. The molecule has 0 saturated carbocycles. The summed E-state index contributed by atoms with van der Waals surface area (Å²) in [6, 6.07) is 17.1. The molecule has 6 nitrogen and oxygen atoms in total. The molecule has 1 N–H and O–H groups in total. The average Bonchev–Trinajstić information content (AvgIpc) is 3.06. The second-order valence-corrected chi connectivity index (χ2v) is 7.34. The highest BCUT2D eigenvalue weighted by Gasteiger charge is 2.15. The van der Waals surface area contributed by atoms with Gasteiger partial charge in [0.15, 0.2) is 5.65 Å². The molecule has 5 rings (SSSR count). The van der Waals surface area contributed by atoms with Crippen LogP contribution in [0.5, 0.6) is 0 Å². The van der Waals surface area contributed by atoms with E-state index < -0.39 is 0 Å². The summed E-state index contributed by atoms with van der Waals surface area (Å²) in [4.78, 5) is 22.3. The lowest BCUT2D eigenvalue weighted by molar-refractivity contribution is 0.102. The number of benzene rings is 2. The topological polar surface area (TPSA) is 72.7 Å². The van der Waals surface area contributed by atoms with Gasteiger partial charge in [0, 0.05) is 23.4 Å². The number of pyridine rings is 2. The molecule has 3 heterocycles. The minimum absolute atomic E-state index is 0.273. The van der Waals surface area contributed by atoms with Crippen LogP contribution in [0.2, 0.25) is 0 Å². The molecular weight excluding hydrogens is 393 g/mol. The number of carbonyl (C=O) groups is 1. The Balaban J connectivity index is 1.57. The number of anilines is 1. The molecule has 0 aliphatic heterocycles. The number of para-hydroxylation sites is 1. The number of aryl methyl sites for hydroxylation is 2. The van der Waals surface area contributed by atoms with Gasteiger partial charge in [-0.25, -0.2) is 14.4 Å². The first-order chi connectivity index (χ1) is 15.0. The fraction of sp³-hybridized carbons (Fsp3) is 0.0833. The molecule has 2 aromatic carbocycles. The van der Waals surface area contributed by atoms with Crippen LogP contribution in [0.15, 0.2) is 66.9 Å². The molecule has 0 unspecified atom stereocenters. The van der Waals surface area contributed by atoms with E-state index in [1.54, 1.807) is 29.1 Å². The first kappa shape index (κ1) is 18.9. The Hall–Kier alpha value is -4.13. The van der Waals surface area contributed by atoms with E-state index in [2.05, 4.69) is 20.4 Å². The van der Waals surface area contributed by atoms with E-state index in [0.29, 0.717) is 22.5 Å². The van der Waals surface area contributed by atoms with Crippen LogP contribution in [-0.2, 0) is 7.05 Å². The third kappa shape index (κ3) is 3.40. The number of amides is 1. The van der Waals surface area contributed by atoms with Gasteiger partial charge in [0.2, 0.25) is 0 Å². The van der Waals surface area contributed by atoms with Crippen LogP contribution >= 0.6 is 0 Å². The maximum absolute atomic E-state index is 13.3. The Labute approximate surface area is 177 Å². The van der Waals surface area contributed by atoms with Gasteiger partial charge >= 0.3 is 0 Å². The highest BCUT2D eigenvalue weighted by Crippen LogP contribution is 2.26. The van der Waals surface area contributed by atoms with E-state index >= 15 is 0 Å². The van der Waals surface area contributed by atoms with Crippen molar-refractivity contribution in [2.45, 2.75) is 6.92 Å². The molecule has 152 valence electrons. The maximum Gasteiger partial charge on any atom is 0.256 e. The van der Waals surface area contributed by atoms with E-state index in [4.69, 9.17) is 0 Å². The van der Waals surface area contributed by atoms with Gasteiger partial charge in [-0.2, -0.15) is 5.10 Å². The number of halogens is 1. The van der Waals surface area contributed by atoms with Gasteiger partial charge in [-0.1, -0.05) is 18.2 Å². The lowest BCUT2D eigenvalue weighted by Gasteiger charge is -2.11. The molecule has 0 saturated heterocycles. The highest BCUT2D eigenvalue weighted by molar-refractivity contribution is 6.13. The van der Waals surface area contributed by atoms with E-state index in [9.17, 15) is 9.18 Å². The molecule has 3 aromatic heterocycles. The zero-order chi connectivity index (χ0) is 21.5. The molecule has 31 heavy (non-hydrogen) atoms. The average molecular weight is 411 g/mol. The van der Waals surface area contributed by atoms with Crippen molar-refractivity contribution in [3.63, 3.8) is 0 Å². The molecule has 0 fully saturated rings. The molecule has 5 aromatic rings. The Morgan fingerprint density at radius 1 is 1.03 bits per heavy atom. The Kier molecular flexibility index (Phi) is 4.43. The summed E-state index contributed by atoms with van der Waals surface area (Å²) in [5.41, 5.74) is 4.67. The SMILES string of the molecule is Cc1nn(C)c2ncc(NC(=O)c3cc(-c4ccc(F)cc4)nc4ccccc34)cc12.